The third kappa shape index (κ3) is 4.62. The van der Waals surface area contributed by atoms with Gasteiger partial charge in [0, 0.05) is 33.2 Å². The first-order valence-corrected chi connectivity index (χ1v) is 11.0. The number of benzene rings is 2. The molecule has 0 saturated carbocycles. The van der Waals surface area contributed by atoms with E-state index in [0.717, 1.165) is 0 Å². The fourth-order valence-electron chi connectivity index (χ4n) is 4.49. The predicted octanol–water partition coefficient (Wildman–Crippen LogP) is 0.409. The van der Waals surface area contributed by atoms with Gasteiger partial charge in [0.2, 0.25) is 0 Å². The monoisotopic (exact) mass is 486 g/mol. The average Bonchev–Trinajstić information content (AvgIpc) is 2.88. The molecule has 188 valence electrons. The molecule has 0 saturated heterocycles. The van der Waals surface area contributed by atoms with Crippen molar-refractivity contribution in [3.63, 3.8) is 0 Å². The molecule has 8 N–H and O–H groups in total. The molecule has 0 aromatic heterocycles. The molecule has 35 heavy (non-hydrogen) atoms. The number of ketones is 1. The van der Waals surface area contributed by atoms with Crippen molar-refractivity contribution in [2.75, 3.05) is 13.2 Å². The predicted molar refractivity (Wildman–Crippen MR) is 125 cm³/mol. The van der Waals surface area contributed by atoms with Crippen molar-refractivity contribution in [2.24, 2.45) is 5.92 Å². The van der Waals surface area contributed by atoms with Crippen molar-refractivity contribution >= 4 is 5.78 Å². The summed E-state index contributed by atoms with van der Waals surface area (Å²) < 4.78 is 0. The second-order valence-corrected chi connectivity index (χ2v) is 8.65. The first kappa shape index (κ1) is 26.6. The maximum atomic E-state index is 12.6. The Morgan fingerprint density at radius 3 is 1.43 bits per heavy atom. The number of aliphatic hydroxyl groups excluding tert-OH is 6. The minimum absolute atomic E-state index is 0.0693. The van der Waals surface area contributed by atoms with Crippen LogP contribution in [0.1, 0.15) is 40.3 Å². The van der Waals surface area contributed by atoms with E-state index in [-0.39, 0.29) is 39.3 Å². The number of hydrogen-bond donors (Lipinski definition) is 8. The molecule has 0 heterocycles. The lowest BCUT2D eigenvalue weighted by Gasteiger charge is -2.37. The maximum absolute atomic E-state index is 12.6. The van der Waals surface area contributed by atoms with Gasteiger partial charge in [0.15, 0.2) is 5.78 Å². The summed E-state index contributed by atoms with van der Waals surface area (Å²) in [6.45, 7) is -1.45. The molecular weight excluding hydrogens is 456 g/mol. The first-order valence-electron chi connectivity index (χ1n) is 11.0. The van der Waals surface area contributed by atoms with Gasteiger partial charge >= 0.3 is 0 Å². The van der Waals surface area contributed by atoms with E-state index in [4.69, 9.17) is 0 Å². The van der Waals surface area contributed by atoms with Crippen LogP contribution in [0.15, 0.2) is 47.6 Å². The maximum Gasteiger partial charge on any atom is 0.170 e. The number of aromatic hydroxyl groups is 2. The summed E-state index contributed by atoms with van der Waals surface area (Å²) in [5.74, 6) is -1.91. The lowest BCUT2D eigenvalue weighted by Crippen LogP contribution is -2.32. The van der Waals surface area contributed by atoms with Crippen LogP contribution in [0.3, 0.4) is 0 Å². The molecule has 0 radical (unpaired) electrons. The molecule has 0 bridgehead atoms. The largest absolute Gasteiger partial charge is 0.507 e. The van der Waals surface area contributed by atoms with Gasteiger partial charge in [-0.3, -0.25) is 4.79 Å². The molecule has 1 aliphatic rings. The van der Waals surface area contributed by atoms with Crippen molar-refractivity contribution in [2.45, 2.75) is 38.8 Å². The number of phenols is 2. The molecule has 0 fully saturated rings. The van der Waals surface area contributed by atoms with Crippen molar-refractivity contribution in [3.05, 3.63) is 80.9 Å². The highest BCUT2D eigenvalue weighted by molar-refractivity contribution is 6.00. The van der Waals surface area contributed by atoms with Gasteiger partial charge in [0.05, 0.1) is 45.6 Å². The van der Waals surface area contributed by atoms with Crippen molar-refractivity contribution in [1.29, 1.82) is 0 Å². The number of hydrogen-bond acceptors (Lipinski definition) is 9. The Hall–Kier alpha value is -3.05. The Morgan fingerprint density at radius 1 is 0.714 bits per heavy atom. The Kier molecular flexibility index (Phi) is 8.11. The highest BCUT2D eigenvalue weighted by Gasteiger charge is 2.38. The number of aliphatic hydroxyl groups is 6. The van der Waals surface area contributed by atoms with Crippen LogP contribution in [-0.4, -0.2) is 59.8 Å². The molecule has 3 rings (SSSR count). The molecule has 9 nitrogen and oxygen atoms in total. The minimum Gasteiger partial charge on any atom is -0.507 e. The van der Waals surface area contributed by atoms with Crippen LogP contribution in [0.25, 0.3) is 0 Å². The summed E-state index contributed by atoms with van der Waals surface area (Å²) in [5, 5.41) is 79.7. The Labute approximate surface area is 202 Å². The molecule has 1 aliphatic carbocycles. The summed E-state index contributed by atoms with van der Waals surface area (Å²) in [4.78, 5) is 12.6. The fourth-order valence-corrected chi connectivity index (χ4v) is 4.49. The van der Waals surface area contributed by atoms with Crippen LogP contribution >= 0.6 is 0 Å². The highest BCUT2D eigenvalue weighted by Crippen LogP contribution is 2.45. The molecular formula is C26H30O9. The van der Waals surface area contributed by atoms with E-state index in [1.165, 1.54) is 30.3 Å². The van der Waals surface area contributed by atoms with Crippen molar-refractivity contribution < 1.29 is 45.6 Å². The van der Waals surface area contributed by atoms with E-state index in [9.17, 15) is 45.6 Å². The van der Waals surface area contributed by atoms with Gasteiger partial charge in [-0.15, -0.1) is 0 Å². The quantitative estimate of drug-likeness (QED) is 0.249. The van der Waals surface area contributed by atoms with Crippen LogP contribution in [0.4, 0.5) is 0 Å². The molecule has 0 spiro atoms. The molecule has 9 heteroatoms. The average molecular weight is 487 g/mol. The lowest BCUT2D eigenvalue weighted by atomic mass is 9.66. The zero-order chi connectivity index (χ0) is 25.9. The normalized spacial score (nSPS) is 16.3. The number of allylic oxidation sites excluding steroid dienone is 2. The molecule has 0 amide bonds. The van der Waals surface area contributed by atoms with Gasteiger partial charge in [0.1, 0.15) is 11.5 Å². The number of carbonyl (C=O) groups excluding carboxylic acids is 1. The van der Waals surface area contributed by atoms with E-state index < -0.39 is 56.8 Å². The third-order valence-corrected chi connectivity index (χ3v) is 6.68. The smallest absolute Gasteiger partial charge is 0.170 e. The van der Waals surface area contributed by atoms with Crippen LogP contribution in [-0.2, 0) is 36.6 Å². The van der Waals surface area contributed by atoms with Crippen LogP contribution in [0.2, 0.25) is 0 Å². The summed E-state index contributed by atoms with van der Waals surface area (Å²) in [5.41, 5.74) is 0.810. The topological polar surface area (TPSA) is 179 Å². The summed E-state index contributed by atoms with van der Waals surface area (Å²) in [7, 11) is 0. The Bertz CT molecular complexity index is 1070. The minimum atomic E-state index is -1.21. The number of rotatable bonds is 9. The molecule has 2 aromatic rings. The highest BCUT2D eigenvalue weighted by atomic mass is 16.3. The Balaban J connectivity index is 2.44. The van der Waals surface area contributed by atoms with Crippen molar-refractivity contribution in [3.8, 4) is 11.5 Å². The second-order valence-electron chi connectivity index (χ2n) is 8.65. The Morgan fingerprint density at radius 2 is 1.11 bits per heavy atom. The van der Waals surface area contributed by atoms with Gasteiger partial charge in [-0.05, 0) is 54.0 Å². The fraction of sp³-hybridized carbons (Fsp3) is 0.346. The lowest BCUT2D eigenvalue weighted by molar-refractivity contribution is -0.119. The zero-order valence-corrected chi connectivity index (χ0v) is 19.3. The van der Waals surface area contributed by atoms with Gasteiger partial charge in [0.25, 0.3) is 0 Å². The van der Waals surface area contributed by atoms with Crippen LogP contribution in [0, 0.1) is 5.92 Å². The van der Waals surface area contributed by atoms with E-state index in [1.54, 1.807) is 13.0 Å². The molecule has 0 aliphatic heterocycles. The zero-order valence-electron chi connectivity index (χ0n) is 19.3. The molecule has 2 aromatic carbocycles. The molecule has 1 unspecified atom stereocenters. The van der Waals surface area contributed by atoms with E-state index in [1.807, 2.05) is 0 Å². The SMILES string of the molecule is CC(C1=CC(CO)C(=O)C(CO)=C1)(c1cc(CO)c(O)c(CO)c1)c1cc(CO)c(O)c(CO)c1. The van der Waals surface area contributed by atoms with Gasteiger partial charge in [-0.2, -0.15) is 0 Å². The summed E-state index contributed by atoms with van der Waals surface area (Å²) in [6.07, 6.45) is 3.04. The number of Topliss-reactive ketones (excluding diaryl/α,β-unsaturated/α-hetero) is 1. The number of carbonyl (C=O) groups is 1. The van der Waals surface area contributed by atoms with Gasteiger partial charge < -0.3 is 40.9 Å². The van der Waals surface area contributed by atoms with E-state index in [2.05, 4.69) is 0 Å². The summed E-state index contributed by atoms with van der Waals surface area (Å²) >= 11 is 0. The van der Waals surface area contributed by atoms with Crippen LogP contribution < -0.4 is 0 Å². The van der Waals surface area contributed by atoms with E-state index >= 15 is 0 Å². The standard InChI is InChI=1S/C26H30O9/c1-26(20-2-14(8-27)23(33)15(3-20)9-28,21-4-16(10-29)24(34)17(5-21)11-30)22-6-18(12-31)25(35)19(7-22)13-32/h2-7,14,27-32,34-35H,8-13H2,1H3. The van der Waals surface area contributed by atoms with Crippen LogP contribution in [0.5, 0.6) is 11.5 Å². The van der Waals surface area contributed by atoms with Crippen molar-refractivity contribution in [1.82, 2.24) is 0 Å². The third-order valence-electron chi connectivity index (χ3n) is 6.68. The van der Waals surface area contributed by atoms with Gasteiger partial charge in [-0.1, -0.05) is 6.08 Å². The van der Waals surface area contributed by atoms with Gasteiger partial charge in [-0.25, -0.2) is 0 Å². The second kappa shape index (κ2) is 10.7. The first-order chi connectivity index (χ1) is 16.7. The summed E-state index contributed by atoms with van der Waals surface area (Å²) in [6, 6.07) is 6.10. The van der Waals surface area contributed by atoms with E-state index in [0.29, 0.717) is 16.7 Å². The molecule has 1 atom stereocenters.